The van der Waals surface area contributed by atoms with Gasteiger partial charge in [-0.05, 0) is 104 Å². The van der Waals surface area contributed by atoms with E-state index in [-0.39, 0.29) is 47.5 Å². The van der Waals surface area contributed by atoms with Crippen molar-refractivity contribution in [2.45, 2.75) is 126 Å². The first-order chi connectivity index (χ1) is 28.2. The fourth-order valence-electron chi connectivity index (χ4n) is 6.80. The largest absolute Gasteiger partial charge is 0.385 e. The second-order valence-corrected chi connectivity index (χ2v) is 15.3. The fraction of sp³-hybridized carbons (Fsp3) is 0.579. The van der Waals surface area contributed by atoms with Gasteiger partial charge >= 0.3 is 71.1 Å². The maximum Gasteiger partial charge on any atom is 0.385 e. The van der Waals surface area contributed by atoms with Gasteiger partial charge in [0.15, 0.2) is 0 Å². The number of halogens is 24. The van der Waals surface area contributed by atoms with E-state index in [9.17, 15) is 105 Å². The summed E-state index contributed by atoms with van der Waals surface area (Å²) in [5, 5.41) is 0. The predicted molar refractivity (Wildman–Crippen MR) is 185 cm³/mol. The minimum absolute atomic E-state index is 0.0465. The molecule has 3 rings (SSSR count). The Hall–Kier alpha value is -4.16. The second kappa shape index (κ2) is 16.0. The molecular formula is C38H34F24N2. The first-order valence-corrected chi connectivity index (χ1v) is 17.8. The van der Waals surface area contributed by atoms with E-state index in [0.29, 0.717) is 11.4 Å². The zero-order valence-electron chi connectivity index (χ0n) is 33.6. The Morgan fingerprint density at radius 1 is 0.391 bits per heavy atom. The summed E-state index contributed by atoms with van der Waals surface area (Å²) in [6.07, 6.45) is -2.67. The molecule has 1 saturated heterocycles. The van der Waals surface area contributed by atoms with Crippen LogP contribution in [0.4, 0.5) is 117 Å². The molecule has 1 aliphatic rings. The Morgan fingerprint density at radius 2 is 0.609 bits per heavy atom. The van der Waals surface area contributed by atoms with Crippen molar-refractivity contribution >= 4 is 23.5 Å². The Bertz CT molecular complexity index is 1910. The van der Waals surface area contributed by atoms with Crippen LogP contribution in [0.5, 0.6) is 0 Å². The monoisotopic (exact) mass is 974 g/mol. The van der Waals surface area contributed by atoms with Crippen LogP contribution in [0.3, 0.4) is 0 Å². The van der Waals surface area contributed by atoms with Crippen molar-refractivity contribution in [1.82, 2.24) is 0 Å². The molecule has 0 amide bonds. The third-order valence-corrected chi connectivity index (χ3v) is 10.4. The molecule has 2 aromatic rings. The SMILES string of the molecule is Cc1cc(/C=C/C(F)(F)C(F)(F)C(F)(F)C(F)(F)C(F)(F)C(C)(F)F)cc(C)c1N1CCN(c2c(C)cc(/C=C/C(F)(F)C(F)(F)C(F)(F)C(F)(F)C(F)(F)C(C)(F)F)cc2C)C1C. The van der Waals surface area contributed by atoms with Crippen molar-refractivity contribution in [3.8, 4) is 0 Å². The smallest absolute Gasteiger partial charge is 0.349 e. The summed E-state index contributed by atoms with van der Waals surface area (Å²) in [7, 11) is 0. The molecule has 364 valence electrons. The van der Waals surface area contributed by atoms with Crippen LogP contribution in [0.15, 0.2) is 36.4 Å². The summed E-state index contributed by atoms with van der Waals surface area (Å²) < 4.78 is 334. The Labute approximate surface area is 347 Å². The number of anilines is 2. The molecule has 0 spiro atoms. The predicted octanol–water partition coefficient (Wildman–Crippen LogP) is 14.3. The molecule has 2 aromatic carbocycles. The van der Waals surface area contributed by atoms with Crippen LogP contribution in [0.2, 0.25) is 0 Å². The number of allylic oxidation sites excluding steroid dienone is 2. The zero-order valence-corrected chi connectivity index (χ0v) is 33.6. The molecule has 26 heteroatoms. The van der Waals surface area contributed by atoms with E-state index in [1.165, 1.54) is 27.7 Å². The van der Waals surface area contributed by atoms with Gasteiger partial charge in [0.1, 0.15) is 0 Å². The van der Waals surface area contributed by atoms with E-state index in [0.717, 1.165) is 24.3 Å². The van der Waals surface area contributed by atoms with Crippen molar-refractivity contribution in [2.75, 3.05) is 22.9 Å². The molecule has 0 radical (unpaired) electrons. The van der Waals surface area contributed by atoms with Crippen LogP contribution in [0, 0.1) is 27.7 Å². The maximum atomic E-state index is 14.5. The molecule has 0 aliphatic carbocycles. The van der Waals surface area contributed by atoms with Crippen LogP contribution >= 0.6 is 0 Å². The lowest BCUT2D eigenvalue weighted by atomic mass is 9.91. The third kappa shape index (κ3) is 8.21. The maximum absolute atomic E-state index is 14.5. The van der Waals surface area contributed by atoms with Crippen molar-refractivity contribution in [3.63, 3.8) is 0 Å². The Kier molecular flexibility index (Phi) is 13.6. The molecule has 0 saturated carbocycles. The second-order valence-electron chi connectivity index (χ2n) is 15.3. The number of nitrogens with zero attached hydrogens (tertiary/aromatic N) is 2. The van der Waals surface area contributed by atoms with E-state index in [1.54, 1.807) is 16.7 Å². The topological polar surface area (TPSA) is 6.48 Å². The van der Waals surface area contributed by atoms with Gasteiger partial charge in [0.2, 0.25) is 0 Å². The summed E-state index contributed by atoms with van der Waals surface area (Å²) in [6, 6.07) is 4.05. The van der Waals surface area contributed by atoms with Crippen molar-refractivity contribution < 1.29 is 105 Å². The standard InChI is InChI=1S/C38H34F24N2/c1-18-14-23(8-10-29(43,44)33(51,52)37(59,60)35(55,56)31(47,48)27(6,39)40)15-19(2)25(18)63-12-13-64(22(63)5)26-20(3)16-24(17-21(26)4)9-11-30(45,46)34(53,54)38(61,62)36(57,58)32(49,50)28(7,41)42/h8-11,14-17,22H,12-13H2,1-7H3/b10-8+,11-9+. The van der Waals surface area contributed by atoms with Crippen LogP contribution in [0.1, 0.15) is 54.2 Å². The van der Waals surface area contributed by atoms with E-state index < -0.39 is 114 Å². The normalized spacial score (nSPS) is 16.9. The third-order valence-electron chi connectivity index (χ3n) is 10.4. The molecule has 0 atom stereocenters. The number of hydrogen-bond donors (Lipinski definition) is 0. The van der Waals surface area contributed by atoms with Gasteiger partial charge in [0, 0.05) is 38.3 Å². The van der Waals surface area contributed by atoms with Crippen LogP contribution in [-0.4, -0.2) is 90.3 Å². The molecule has 1 aliphatic heterocycles. The molecular weight excluding hydrogens is 940 g/mol. The minimum Gasteiger partial charge on any atom is -0.349 e. The zero-order chi connectivity index (χ0) is 50.4. The molecule has 0 unspecified atom stereocenters. The summed E-state index contributed by atoms with van der Waals surface area (Å²) in [5.74, 6) is -85.0. The number of alkyl halides is 24. The van der Waals surface area contributed by atoms with E-state index in [4.69, 9.17) is 0 Å². The van der Waals surface area contributed by atoms with E-state index in [1.807, 2.05) is 0 Å². The lowest BCUT2D eigenvalue weighted by Gasteiger charge is -2.40. The summed E-state index contributed by atoms with van der Waals surface area (Å²) in [5.41, 5.74) is 0.349. The van der Waals surface area contributed by atoms with Gasteiger partial charge < -0.3 is 9.80 Å². The highest BCUT2D eigenvalue weighted by atomic mass is 19.4. The number of aryl methyl sites for hydroxylation is 4. The lowest BCUT2D eigenvalue weighted by molar-refractivity contribution is -0.418. The average Bonchev–Trinajstić information content (AvgIpc) is 3.47. The first kappa shape index (κ1) is 54.2. The Balaban J connectivity index is 1.92. The fourth-order valence-corrected chi connectivity index (χ4v) is 6.80. The van der Waals surface area contributed by atoms with Gasteiger partial charge in [0.05, 0.1) is 6.17 Å². The van der Waals surface area contributed by atoms with Crippen LogP contribution in [-0.2, 0) is 0 Å². The molecule has 0 N–H and O–H groups in total. The Morgan fingerprint density at radius 3 is 0.828 bits per heavy atom. The number of hydrogen-bond acceptors (Lipinski definition) is 2. The van der Waals surface area contributed by atoms with Gasteiger partial charge in [-0.15, -0.1) is 0 Å². The number of benzene rings is 2. The summed E-state index contributed by atoms with van der Waals surface area (Å²) >= 11 is 0. The molecule has 1 heterocycles. The van der Waals surface area contributed by atoms with Crippen molar-refractivity contribution in [1.29, 1.82) is 0 Å². The molecule has 1 fully saturated rings. The van der Waals surface area contributed by atoms with Crippen LogP contribution < -0.4 is 9.80 Å². The molecule has 64 heavy (non-hydrogen) atoms. The van der Waals surface area contributed by atoms with E-state index in [2.05, 4.69) is 0 Å². The van der Waals surface area contributed by atoms with E-state index >= 15 is 0 Å². The van der Waals surface area contributed by atoms with Crippen molar-refractivity contribution in [2.24, 2.45) is 0 Å². The highest BCUT2D eigenvalue weighted by molar-refractivity contribution is 5.71. The summed E-state index contributed by atoms with van der Waals surface area (Å²) in [6.45, 7) is 5.08. The average molecular weight is 975 g/mol. The molecule has 0 aromatic heterocycles. The highest BCUT2D eigenvalue weighted by Gasteiger charge is 2.90. The lowest BCUT2D eigenvalue weighted by Crippen LogP contribution is -2.70. The highest BCUT2D eigenvalue weighted by Crippen LogP contribution is 2.62. The molecule has 2 nitrogen and oxygen atoms in total. The van der Waals surface area contributed by atoms with Crippen molar-refractivity contribution in [3.05, 3.63) is 69.8 Å². The summed E-state index contributed by atoms with van der Waals surface area (Å²) in [4.78, 5) is 3.30. The first-order valence-electron chi connectivity index (χ1n) is 17.8. The van der Waals surface area contributed by atoms with Gasteiger partial charge in [-0.25, -0.2) is 0 Å². The van der Waals surface area contributed by atoms with Gasteiger partial charge in [-0.1, -0.05) is 12.2 Å². The van der Waals surface area contributed by atoms with Gasteiger partial charge in [0.25, 0.3) is 0 Å². The van der Waals surface area contributed by atoms with Crippen LogP contribution in [0.25, 0.3) is 12.2 Å². The van der Waals surface area contributed by atoms with Gasteiger partial charge in [-0.3, -0.25) is 0 Å². The van der Waals surface area contributed by atoms with Gasteiger partial charge in [-0.2, -0.15) is 105 Å². The number of rotatable bonds is 16. The minimum atomic E-state index is -7.75. The quantitative estimate of drug-likeness (QED) is 0.155. The molecule has 0 bridgehead atoms.